The van der Waals surface area contributed by atoms with Crippen molar-refractivity contribution in [1.29, 1.82) is 0 Å². The smallest absolute Gasteiger partial charge is 0.433 e. The quantitative estimate of drug-likeness (QED) is 0.304. The fourth-order valence-corrected chi connectivity index (χ4v) is 5.55. The van der Waals surface area contributed by atoms with Crippen LogP contribution in [0.5, 0.6) is 5.75 Å². The van der Waals surface area contributed by atoms with Crippen LogP contribution in [0, 0.1) is 6.92 Å². The number of amides is 1. The second kappa shape index (κ2) is 10.8. The normalized spacial score (nSPS) is 15.4. The van der Waals surface area contributed by atoms with Gasteiger partial charge in [-0.05, 0) is 43.3 Å². The number of fused-ring (bicyclic) bond motifs is 2. The standard InChI is InChI=1S/C30H28F3N5O4/c1-18-26(19-7-9-21(41-2)10-8-19)35-28-22(16-34-38(28)27(18)30(31,32)33)29(40)37-13-11-36(12-14-37)23(17-39)25-15-20-5-3-4-6-24(20)42-25/h3-10,15-16,23,39H,11-14,17H2,1-2H3/t23-/m0/s1. The maximum Gasteiger partial charge on any atom is 0.433 e. The lowest BCUT2D eigenvalue weighted by molar-refractivity contribution is -0.143. The van der Waals surface area contributed by atoms with Crippen molar-refractivity contribution in [2.75, 3.05) is 39.9 Å². The molecule has 1 fully saturated rings. The van der Waals surface area contributed by atoms with E-state index in [9.17, 15) is 23.1 Å². The molecule has 2 aromatic carbocycles. The number of piperazine rings is 1. The van der Waals surface area contributed by atoms with E-state index in [1.807, 2.05) is 35.2 Å². The van der Waals surface area contributed by atoms with E-state index in [0.29, 0.717) is 47.8 Å². The number of carbonyl (C=O) groups is 1. The number of para-hydroxylation sites is 1. The van der Waals surface area contributed by atoms with Crippen LogP contribution in [0.3, 0.4) is 0 Å². The van der Waals surface area contributed by atoms with Crippen molar-refractivity contribution in [3.05, 3.63) is 83.4 Å². The van der Waals surface area contributed by atoms with Crippen molar-refractivity contribution in [3.8, 4) is 17.0 Å². The van der Waals surface area contributed by atoms with Crippen molar-refractivity contribution in [2.24, 2.45) is 0 Å². The number of furan rings is 1. The van der Waals surface area contributed by atoms with E-state index in [4.69, 9.17) is 9.15 Å². The Hall–Kier alpha value is -4.42. The first-order chi connectivity index (χ1) is 20.2. The largest absolute Gasteiger partial charge is 0.497 e. The zero-order chi connectivity index (χ0) is 29.6. The van der Waals surface area contributed by atoms with Gasteiger partial charge in [0.1, 0.15) is 22.7 Å². The number of benzene rings is 2. The first-order valence-electron chi connectivity index (χ1n) is 13.4. The molecule has 1 aliphatic rings. The number of aromatic nitrogens is 3. The van der Waals surface area contributed by atoms with Crippen LogP contribution < -0.4 is 4.74 Å². The molecule has 0 spiro atoms. The molecule has 9 nitrogen and oxygen atoms in total. The molecule has 0 radical (unpaired) electrons. The molecule has 0 aliphatic carbocycles. The van der Waals surface area contributed by atoms with Crippen LogP contribution in [0.1, 0.15) is 33.4 Å². The molecule has 1 atom stereocenters. The fourth-order valence-electron chi connectivity index (χ4n) is 5.55. The number of carbonyl (C=O) groups excluding carboxylic acids is 1. The Bertz CT molecular complexity index is 1720. The maximum absolute atomic E-state index is 14.3. The monoisotopic (exact) mass is 579 g/mol. The average Bonchev–Trinajstić information content (AvgIpc) is 3.60. The highest BCUT2D eigenvalue weighted by atomic mass is 19.4. The molecule has 12 heteroatoms. The van der Waals surface area contributed by atoms with E-state index in [1.54, 1.807) is 29.2 Å². The molecule has 218 valence electrons. The van der Waals surface area contributed by atoms with Gasteiger partial charge in [0.2, 0.25) is 0 Å². The Morgan fingerprint density at radius 2 is 1.81 bits per heavy atom. The second-order valence-electron chi connectivity index (χ2n) is 10.2. The molecule has 0 bridgehead atoms. The fraction of sp³-hybridized carbons (Fsp3) is 0.300. The Balaban J connectivity index is 1.28. The highest BCUT2D eigenvalue weighted by molar-refractivity contribution is 6.00. The second-order valence-corrected chi connectivity index (χ2v) is 10.2. The van der Waals surface area contributed by atoms with Gasteiger partial charge in [-0.25, -0.2) is 9.50 Å². The number of halogens is 3. The number of aliphatic hydroxyl groups excluding tert-OH is 1. The molecule has 0 saturated carbocycles. The summed E-state index contributed by atoms with van der Waals surface area (Å²) in [6.45, 7) is 2.65. The summed E-state index contributed by atoms with van der Waals surface area (Å²) in [7, 11) is 1.50. The molecule has 1 aliphatic heterocycles. The van der Waals surface area contributed by atoms with Gasteiger partial charge in [-0.15, -0.1) is 0 Å². The summed E-state index contributed by atoms with van der Waals surface area (Å²) in [6, 6.07) is 15.6. The lowest BCUT2D eigenvalue weighted by Gasteiger charge is -2.37. The molecule has 5 aromatic rings. The number of methoxy groups -OCH3 is 1. The summed E-state index contributed by atoms with van der Waals surface area (Å²) >= 11 is 0. The highest BCUT2D eigenvalue weighted by Gasteiger charge is 2.39. The molecular weight excluding hydrogens is 551 g/mol. The van der Waals surface area contributed by atoms with Crippen LogP contribution in [0.4, 0.5) is 13.2 Å². The highest BCUT2D eigenvalue weighted by Crippen LogP contribution is 2.37. The summed E-state index contributed by atoms with van der Waals surface area (Å²) in [5.74, 6) is 0.724. The minimum Gasteiger partial charge on any atom is -0.497 e. The zero-order valence-electron chi connectivity index (χ0n) is 22.9. The number of hydrogen-bond acceptors (Lipinski definition) is 7. The molecular formula is C30H28F3N5O4. The Kier molecular flexibility index (Phi) is 7.11. The van der Waals surface area contributed by atoms with E-state index in [-0.39, 0.29) is 29.1 Å². The molecule has 42 heavy (non-hydrogen) atoms. The van der Waals surface area contributed by atoms with Crippen LogP contribution in [0.15, 0.2) is 65.2 Å². The van der Waals surface area contributed by atoms with Crippen LogP contribution in [-0.2, 0) is 6.18 Å². The number of alkyl halides is 3. The van der Waals surface area contributed by atoms with Crippen molar-refractivity contribution >= 4 is 22.5 Å². The van der Waals surface area contributed by atoms with Crippen molar-refractivity contribution in [2.45, 2.75) is 19.1 Å². The molecule has 3 aromatic heterocycles. The number of aliphatic hydroxyl groups is 1. The Morgan fingerprint density at radius 3 is 2.45 bits per heavy atom. The number of nitrogens with zero attached hydrogens (tertiary/aromatic N) is 5. The van der Waals surface area contributed by atoms with Gasteiger partial charge in [0.05, 0.1) is 31.6 Å². The topological polar surface area (TPSA) is 96.3 Å². The Morgan fingerprint density at radius 1 is 1.10 bits per heavy atom. The van der Waals surface area contributed by atoms with Crippen LogP contribution in [0.2, 0.25) is 0 Å². The van der Waals surface area contributed by atoms with Crippen molar-refractivity contribution in [3.63, 3.8) is 0 Å². The van der Waals surface area contributed by atoms with Gasteiger partial charge in [0, 0.05) is 42.7 Å². The van der Waals surface area contributed by atoms with E-state index in [0.717, 1.165) is 17.2 Å². The summed E-state index contributed by atoms with van der Waals surface area (Å²) in [5, 5.41) is 15.0. The van der Waals surface area contributed by atoms with Crippen LogP contribution in [-0.4, -0.2) is 75.3 Å². The van der Waals surface area contributed by atoms with Crippen LogP contribution >= 0.6 is 0 Å². The summed E-state index contributed by atoms with van der Waals surface area (Å²) in [4.78, 5) is 21.8. The molecule has 4 heterocycles. The minimum atomic E-state index is -4.74. The predicted molar refractivity (Wildman–Crippen MR) is 148 cm³/mol. The first-order valence-corrected chi connectivity index (χ1v) is 13.4. The number of hydrogen-bond donors (Lipinski definition) is 1. The number of ether oxygens (including phenoxy) is 1. The molecule has 6 rings (SSSR count). The first kappa shape index (κ1) is 27.7. The molecule has 1 saturated heterocycles. The van der Waals surface area contributed by atoms with Crippen molar-refractivity contribution in [1.82, 2.24) is 24.4 Å². The lowest BCUT2D eigenvalue weighted by atomic mass is 10.0. The van der Waals surface area contributed by atoms with Gasteiger partial charge in [-0.1, -0.05) is 18.2 Å². The van der Waals surface area contributed by atoms with E-state index >= 15 is 0 Å². The third-order valence-corrected chi connectivity index (χ3v) is 7.73. The van der Waals surface area contributed by atoms with Crippen molar-refractivity contribution < 1.29 is 32.2 Å². The summed E-state index contributed by atoms with van der Waals surface area (Å²) in [5.41, 5.74) is 0.0168. The Labute approximate surface area is 238 Å². The van der Waals surface area contributed by atoms with Gasteiger partial charge >= 0.3 is 6.18 Å². The van der Waals surface area contributed by atoms with Gasteiger partial charge in [-0.3, -0.25) is 9.69 Å². The third-order valence-electron chi connectivity index (χ3n) is 7.73. The van der Waals surface area contributed by atoms with E-state index in [1.165, 1.54) is 14.0 Å². The predicted octanol–water partition coefficient (Wildman–Crippen LogP) is 4.97. The van der Waals surface area contributed by atoms with Gasteiger partial charge in [-0.2, -0.15) is 18.3 Å². The van der Waals surface area contributed by atoms with Gasteiger partial charge < -0.3 is 19.2 Å². The van der Waals surface area contributed by atoms with Gasteiger partial charge in [0.25, 0.3) is 5.91 Å². The third kappa shape index (κ3) is 4.86. The zero-order valence-corrected chi connectivity index (χ0v) is 22.9. The SMILES string of the molecule is COc1ccc(-c2nc3c(C(=O)N4CCN([C@@H](CO)c5cc6ccccc6o5)CC4)cnn3c(C(F)(F)F)c2C)cc1. The van der Waals surface area contributed by atoms with E-state index in [2.05, 4.69) is 10.1 Å². The summed E-state index contributed by atoms with van der Waals surface area (Å²) in [6.07, 6.45) is -3.59. The minimum absolute atomic E-state index is 0.0142. The van der Waals surface area contributed by atoms with Crippen LogP contribution in [0.25, 0.3) is 27.9 Å². The molecule has 1 N–H and O–H groups in total. The van der Waals surface area contributed by atoms with Gasteiger partial charge in [0.15, 0.2) is 11.3 Å². The lowest BCUT2D eigenvalue weighted by Crippen LogP contribution is -2.50. The molecule has 0 unspecified atom stereocenters. The van der Waals surface area contributed by atoms with E-state index < -0.39 is 23.8 Å². The number of rotatable bonds is 6. The average molecular weight is 580 g/mol. The molecule has 1 amide bonds. The summed E-state index contributed by atoms with van der Waals surface area (Å²) < 4.78 is 54.7. The maximum atomic E-state index is 14.3.